The van der Waals surface area contributed by atoms with Crippen LogP contribution in [-0.4, -0.2) is 13.2 Å². The van der Waals surface area contributed by atoms with Crippen molar-refractivity contribution in [1.82, 2.24) is 0 Å². The molecule has 1 aliphatic carbocycles. The van der Waals surface area contributed by atoms with Gasteiger partial charge in [0.05, 0.1) is 10.9 Å². The second-order valence-electron chi connectivity index (χ2n) is 4.35. The van der Waals surface area contributed by atoms with Crippen LogP contribution in [0.1, 0.15) is 36.7 Å². The maximum atomic E-state index is 5.91. The highest BCUT2D eigenvalue weighted by Gasteiger charge is 2.18. The molecule has 0 bridgehead atoms. The molecule has 1 aromatic heterocycles. The van der Waals surface area contributed by atoms with Gasteiger partial charge in [-0.1, -0.05) is 24.4 Å². The summed E-state index contributed by atoms with van der Waals surface area (Å²) < 4.78 is 6.70. The second kappa shape index (κ2) is 6.01. The molecule has 1 heterocycles. The number of rotatable bonds is 5. The molecule has 2 rings (SSSR count). The summed E-state index contributed by atoms with van der Waals surface area (Å²) in [5.41, 5.74) is 5.74. The van der Waals surface area contributed by atoms with Gasteiger partial charge in [0.1, 0.15) is 6.10 Å². The summed E-state index contributed by atoms with van der Waals surface area (Å²) in [5.74, 6) is 0.740. The lowest BCUT2D eigenvalue weighted by molar-refractivity contribution is 0.0367. The first-order valence-corrected chi connectivity index (χ1v) is 7.06. The van der Waals surface area contributed by atoms with Gasteiger partial charge in [0.15, 0.2) is 0 Å². The zero-order valence-electron chi connectivity index (χ0n) is 9.32. The minimum absolute atomic E-state index is 0.0260. The molecule has 90 valence electrons. The molecule has 1 aliphatic rings. The Morgan fingerprint density at radius 1 is 1.44 bits per heavy atom. The lowest BCUT2D eigenvalue weighted by Gasteiger charge is -2.17. The van der Waals surface area contributed by atoms with Crippen molar-refractivity contribution in [3.05, 3.63) is 21.3 Å². The molecule has 4 heteroatoms. The summed E-state index contributed by atoms with van der Waals surface area (Å²) in [4.78, 5) is 1.14. The van der Waals surface area contributed by atoms with E-state index in [-0.39, 0.29) is 6.10 Å². The maximum Gasteiger partial charge on any atom is 0.104 e. The summed E-state index contributed by atoms with van der Waals surface area (Å²) in [7, 11) is 0. The first kappa shape index (κ1) is 12.4. The van der Waals surface area contributed by atoms with Gasteiger partial charge in [0.2, 0.25) is 0 Å². The third-order valence-electron chi connectivity index (χ3n) is 3.13. The highest BCUT2D eigenvalue weighted by molar-refractivity contribution is 7.16. The van der Waals surface area contributed by atoms with Crippen molar-refractivity contribution in [3.63, 3.8) is 0 Å². The third-order valence-corrected chi connectivity index (χ3v) is 4.46. The van der Waals surface area contributed by atoms with Gasteiger partial charge in [-0.3, -0.25) is 0 Å². The van der Waals surface area contributed by atoms with Crippen molar-refractivity contribution in [3.8, 4) is 0 Å². The fraction of sp³-hybridized carbons (Fsp3) is 0.667. The molecule has 0 aliphatic heterocycles. The smallest absolute Gasteiger partial charge is 0.104 e. The van der Waals surface area contributed by atoms with Gasteiger partial charge < -0.3 is 10.5 Å². The van der Waals surface area contributed by atoms with Crippen LogP contribution in [0.5, 0.6) is 0 Å². The summed E-state index contributed by atoms with van der Waals surface area (Å²) in [6.45, 7) is 1.38. The quantitative estimate of drug-likeness (QED) is 0.877. The number of nitrogens with two attached hydrogens (primary N) is 1. The number of ether oxygens (including phenoxy) is 1. The van der Waals surface area contributed by atoms with E-state index < -0.39 is 0 Å². The molecule has 0 saturated heterocycles. The van der Waals surface area contributed by atoms with Gasteiger partial charge in [0, 0.05) is 11.4 Å². The Kier molecular flexibility index (Phi) is 4.65. The van der Waals surface area contributed by atoms with E-state index in [1.54, 1.807) is 11.3 Å². The fourth-order valence-electron chi connectivity index (χ4n) is 2.20. The standard InChI is InChI=1S/C12H18ClNOS/c13-12-6-5-11(16-12)10(7-14)15-8-9-3-1-2-4-9/h5-6,9-10H,1-4,7-8,14H2. The lowest BCUT2D eigenvalue weighted by atomic mass is 10.1. The topological polar surface area (TPSA) is 35.2 Å². The number of hydrogen-bond donors (Lipinski definition) is 1. The summed E-state index contributed by atoms with van der Waals surface area (Å²) in [6.07, 6.45) is 5.35. The molecule has 1 aromatic rings. The molecule has 0 radical (unpaired) electrons. The van der Waals surface area contributed by atoms with Crippen molar-refractivity contribution in [2.24, 2.45) is 11.7 Å². The van der Waals surface area contributed by atoms with E-state index in [0.717, 1.165) is 21.7 Å². The summed E-state index contributed by atoms with van der Waals surface area (Å²) in [6, 6.07) is 3.92. The van der Waals surface area contributed by atoms with E-state index >= 15 is 0 Å². The van der Waals surface area contributed by atoms with Crippen LogP contribution in [0.25, 0.3) is 0 Å². The molecule has 1 atom stereocenters. The van der Waals surface area contributed by atoms with Crippen LogP contribution < -0.4 is 5.73 Å². The molecule has 2 nitrogen and oxygen atoms in total. The van der Waals surface area contributed by atoms with E-state index in [2.05, 4.69) is 0 Å². The minimum atomic E-state index is 0.0260. The number of hydrogen-bond acceptors (Lipinski definition) is 3. The van der Waals surface area contributed by atoms with Gasteiger partial charge in [-0.05, 0) is 30.9 Å². The van der Waals surface area contributed by atoms with E-state index in [9.17, 15) is 0 Å². The monoisotopic (exact) mass is 259 g/mol. The maximum absolute atomic E-state index is 5.91. The molecule has 0 amide bonds. The van der Waals surface area contributed by atoms with E-state index in [1.165, 1.54) is 25.7 Å². The second-order valence-corrected chi connectivity index (χ2v) is 6.10. The highest BCUT2D eigenvalue weighted by atomic mass is 35.5. The van der Waals surface area contributed by atoms with Crippen LogP contribution in [0, 0.1) is 5.92 Å². The van der Waals surface area contributed by atoms with E-state index in [1.807, 2.05) is 12.1 Å². The number of thiophene rings is 1. The lowest BCUT2D eigenvalue weighted by Crippen LogP contribution is -2.18. The molecule has 0 aromatic carbocycles. The number of halogens is 1. The van der Waals surface area contributed by atoms with Crippen molar-refractivity contribution in [2.45, 2.75) is 31.8 Å². The Labute approximate surface area is 106 Å². The third kappa shape index (κ3) is 3.20. The van der Waals surface area contributed by atoms with Crippen LogP contribution in [0.3, 0.4) is 0 Å². The Hall–Kier alpha value is -0.0900. The Morgan fingerprint density at radius 3 is 2.75 bits per heavy atom. The van der Waals surface area contributed by atoms with Crippen LogP contribution in [0.2, 0.25) is 4.34 Å². The van der Waals surface area contributed by atoms with Gasteiger partial charge >= 0.3 is 0 Å². The largest absolute Gasteiger partial charge is 0.371 e. The average Bonchev–Trinajstić information content (AvgIpc) is 2.91. The van der Waals surface area contributed by atoms with Crippen LogP contribution in [0.15, 0.2) is 12.1 Å². The van der Waals surface area contributed by atoms with Crippen molar-refractivity contribution >= 4 is 22.9 Å². The molecular weight excluding hydrogens is 242 g/mol. The van der Waals surface area contributed by atoms with E-state index in [0.29, 0.717) is 6.54 Å². The Balaban J connectivity index is 1.85. The Bertz CT molecular complexity index is 323. The van der Waals surface area contributed by atoms with E-state index in [4.69, 9.17) is 22.1 Å². The predicted octanol–water partition coefficient (Wildman–Crippen LogP) is 3.61. The molecule has 1 saturated carbocycles. The van der Waals surface area contributed by atoms with Gasteiger partial charge in [-0.15, -0.1) is 11.3 Å². The highest BCUT2D eigenvalue weighted by Crippen LogP contribution is 2.31. The summed E-state index contributed by atoms with van der Waals surface area (Å²) >= 11 is 7.47. The Morgan fingerprint density at radius 2 is 2.19 bits per heavy atom. The van der Waals surface area contributed by atoms with Crippen LogP contribution >= 0.6 is 22.9 Å². The van der Waals surface area contributed by atoms with Crippen molar-refractivity contribution < 1.29 is 4.74 Å². The zero-order valence-corrected chi connectivity index (χ0v) is 10.9. The minimum Gasteiger partial charge on any atom is -0.371 e. The van der Waals surface area contributed by atoms with Crippen LogP contribution in [0.4, 0.5) is 0 Å². The van der Waals surface area contributed by atoms with Gasteiger partial charge in [-0.2, -0.15) is 0 Å². The zero-order chi connectivity index (χ0) is 11.4. The first-order chi connectivity index (χ1) is 7.79. The average molecular weight is 260 g/mol. The van der Waals surface area contributed by atoms with Crippen molar-refractivity contribution in [1.29, 1.82) is 0 Å². The fourth-order valence-corrected chi connectivity index (χ4v) is 3.32. The molecule has 1 unspecified atom stereocenters. The first-order valence-electron chi connectivity index (χ1n) is 5.86. The van der Waals surface area contributed by atoms with Gasteiger partial charge in [-0.25, -0.2) is 0 Å². The molecular formula is C12H18ClNOS. The predicted molar refractivity (Wildman–Crippen MR) is 69.0 cm³/mol. The normalized spacial score (nSPS) is 19.1. The van der Waals surface area contributed by atoms with Crippen molar-refractivity contribution in [2.75, 3.05) is 13.2 Å². The van der Waals surface area contributed by atoms with Gasteiger partial charge in [0.25, 0.3) is 0 Å². The molecule has 2 N–H and O–H groups in total. The summed E-state index contributed by atoms with van der Waals surface area (Å²) in [5, 5.41) is 0. The van der Waals surface area contributed by atoms with Crippen LogP contribution in [-0.2, 0) is 4.74 Å². The molecule has 16 heavy (non-hydrogen) atoms. The SMILES string of the molecule is NCC(OCC1CCCC1)c1ccc(Cl)s1. The molecule has 0 spiro atoms. The molecule has 1 fully saturated rings.